The molecule has 1 aliphatic rings. The number of carbonyl (C=O) groups excluding carboxylic acids is 1. The highest BCUT2D eigenvalue weighted by molar-refractivity contribution is 5.75. The van der Waals surface area contributed by atoms with Crippen molar-refractivity contribution in [1.82, 2.24) is 30.4 Å². The van der Waals surface area contributed by atoms with E-state index in [1.54, 1.807) is 16.6 Å². The fourth-order valence-electron chi connectivity index (χ4n) is 1.96. The van der Waals surface area contributed by atoms with E-state index in [9.17, 15) is 4.79 Å². The van der Waals surface area contributed by atoms with E-state index in [0.29, 0.717) is 25.6 Å². The number of nitrogens with one attached hydrogen (secondary N) is 1. The number of tetrazole rings is 1. The largest absolute Gasteiger partial charge is 0.377 e. The lowest BCUT2D eigenvalue weighted by Crippen LogP contribution is -2.51. The Morgan fingerprint density at radius 1 is 1.61 bits per heavy atom. The molecule has 2 rings (SSSR count). The van der Waals surface area contributed by atoms with E-state index in [2.05, 4.69) is 20.8 Å². The molecule has 1 N–H and O–H groups in total. The summed E-state index contributed by atoms with van der Waals surface area (Å²) in [5, 5.41) is 14.1. The van der Waals surface area contributed by atoms with Gasteiger partial charge in [0.15, 0.2) is 5.82 Å². The van der Waals surface area contributed by atoms with Gasteiger partial charge in [-0.2, -0.15) is 0 Å². The summed E-state index contributed by atoms with van der Waals surface area (Å²) < 4.78 is 6.85. The van der Waals surface area contributed by atoms with Crippen LogP contribution in [-0.2, 0) is 11.8 Å². The van der Waals surface area contributed by atoms with Gasteiger partial charge in [0, 0.05) is 13.6 Å². The Bertz CT molecular complexity index is 420. The lowest BCUT2D eigenvalue weighted by Gasteiger charge is -2.33. The fourth-order valence-corrected chi connectivity index (χ4v) is 1.96. The average Bonchev–Trinajstić information content (AvgIpc) is 2.76. The number of ether oxygens (including phenoxy) is 1. The van der Waals surface area contributed by atoms with Gasteiger partial charge in [-0.1, -0.05) is 0 Å². The number of rotatable bonds is 2. The highest BCUT2D eigenvalue weighted by atomic mass is 16.5. The standard InChI is InChI=1S/C10H18N6O2/c1-7-6-18-5-4-16(7)10(17)11-8(2)9-12-13-14-15(9)3/h7-8H,4-6H2,1-3H3,(H,11,17)/t7-,8?/m0/s1. The molecule has 18 heavy (non-hydrogen) atoms. The van der Waals surface area contributed by atoms with Crippen LogP contribution in [0.15, 0.2) is 0 Å². The van der Waals surface area contributed by atoms with E-state index in [1.165, 1.54) is 0 Å². The molecule has 0 saturated carbocycles. The lowest BCUT2D eigenvalue weighted by molar-refractivity contribution is 0.0184. The Morgan fingerprint density at radius 3 is 3.00 bits per heavy atom. The molecule has 1 aromatic heterocycles. The number of aryl methyl sites for hydroxylation is 1. The molecule has 8 nitrogen and oxygen atoms in total. The highest BCUT2D eigenvalue weighted by Gasteiger charge is 2.25. The minimum Gasteiger partial charge on any atom is -0.377 e. The van der Waals surface area contributed by atoms with E-state index >= 15 is 0 Å². The maximum absolute atomic E-state index is 12.1. The maximum atomic E-state index is 12.1. The number of morpholine rings is 1. The minimum absolute atomic E-state index is 0.0866. The van der Waals surface area contributed by atoms with Gasteiger partial charge in [0.25, 0.3) is 0 Å². The van der Waals surface area contributed by atoms with Crippen molar-refractivity contribution < 1.29 is 9.53 Å². The molecular formula is C10H18N6O2. The van der Waals surface area contributed by atoms with Gasteiger partial charge in [0.2, 0.25) is 0 Å². The molecule has 1 aliphatic heterocycles. The van der Waals surface area contributed by atoms with Crippen LogP contribution in [0.3, 0.4) is 0 Å². The van der Waals surface area contributed by atoms with Crippen LogP contribution in [0.1, 0.15) is 25.7 Å². The van der Waals surface area contributed by atoms with Crippen LogP contribution < -0.4 is 5.32 Å². The summed E-state index contributed by atoms with van der Waals surface area (Å²) in [5.41, 5.74) is 0. The molecule has 1 saturated heterocycles. The van der Waals surface area contributed by atoms with Crippen molar-refractivity contribution in [3.63, 3.8) is 0 Å². The zero-order valence-corrected chi connectivity index (χ0v) is 10.8. The molecule has 0 bridgehead atoms. The Kier molecular flexibility index (Phi) is 3.75. The first kappa shape index (κ1) is 12.7. The number of amides is 2. The maximum Gasteiger partial charge on any atom is 0.318 e. The number of aromatic nitrogens is 4. The normalized spacial score (nSPS) is 21.7. The first-order valence-corrected chi connectivity index (χ1v) is 5.96. The summed E-state index contributed by atoms with van der Waals surface area (Å²) in [6, 6.07) is -0.252. The molecule has 0 spiro atoms. The van der Waals surface area contributed by atoms with E-state index in [0.717, 1.165) is 0 Å². The van der Waals surface area contributed by atoms with Gasteiger partial charge in [-0.3, -0.25) is 0 Å². The van der Waals surface area contributed by atoms with Crippen LogP contribution >= 0.6 is 0 Å². The van der Waals surface area contributed by atoms with Gasteiger partial charge >= 0.3 is 6.03 Å². The van der Waals surface area contributed by atoms with E-state index in [1.807, 2.05) is 13.8 Å². The Balaban J connectivity index is 1.96. The van der Waals surface area contributed by atoms with E-state index in [4.69, 9.17) is 4.74 Å². The van der Waals surface area contributed by atoms with Gasteiger partial charge in [0.1, 0.15) is 0 Å². The predicted molar refractivity (Wildman–Crippen MR) is 62.7 cm³/mol. The molecule has 0 aromatic carbocycles. The lowest BCUT2D eigenvalue weighted by atomic mass is 10.2. The molecule has 1 aromatic rings. The second kappa shape index (κ2) is 5.30. The SMILES string of the molecule is CC(NC(=O)N1CCOC[C@@H]1C)c1nnnn1C. The molecule has 2 amide bonds. The second-order valence-electron chi connectivity index (χ2n) is 4.45. The van der Waals surface area contributed by atoms with Gasteiger partial charge in [-0.15, -0.1) is 5.10 Å². The molecule has 0 aliphatic carbocycles. The molecule has 8 heteroatoms. The third kappa shape index (κ3) is 2.58. The average molecular weight is 254 g/mol. The monoisotopic (exact) mass is 254 g/mol. The van der Waals surface area contributed by atoms with Crippen molar-refractivity contribution in [2.24, 2.45) is 7.05 Å². The number of urea groups is 1. The van der Waals surface area contributed by atoms with Crippen LogP contribution in [0.25, 0.3) is 0 Å². The van der Waals surface area contributed by atoms with Gasteiger partial charge in [-0.25, -0.2) is 9.48 Å². The Hall–Kier alpha value is -1.70. The zero-order chi connectivity index (χ0) is 13.1. The topological polar surface area (TPSA) is 85.2 Å². The van der Waals surface area contributed by atoms with Crippen LogP contribution in [-0.4, -0.2) is 56.9 Å². The van der Waals surface area contributed by atoms with Gasteiger partial charge < -0.3 is 15.0 Å². The molecule has 100 valence electrons. The van der Waals surface area contributed by atoms with Crippen LogP contribution in [0.2, 0.25) is 0 Å². The van der Waals surface area contributed by atoms with Crippen molar-refractivity contribution in [1.29, 1.82) is 0 Å². The van der Waals surface area contributed by atoms with Crippen molar-refractivity contribution in [2.75, 3.05) is 19.8 Å². The first-order chi connectivity index (χ1) is 8.59. The fraction of sp³-hybridized carbons (Fsp3) is 0.800. The number of carbonyl (C=O) groups is 1. The molecule has 1 fully saturated rings. The number of nitrogens with zero attached hydrogens (tertiary/aromatic N) is 5. The van der Waals surface area contributed by atoms with E-state index < -0.39 is 0 Å². The summed E-state index contributed by atoms with van der Waals surface area (Å²) in [6.45, 7) is 5.59. The van der Waals surface area contributed by atoms with E-state index in [-0.39, 0.29) is 18.1 Å². The van der Waals surface area contributed by atoms with Gasteiger partial charge in [0.05, 0.1) is 25.3 Å². The molecule has 2 atom stereocenters. The second-order valence-corrected chi connectivity index (χ2v) is 4.45. The van der Waals surface area contributed by atoms with Gasteiger partial charge in [-0.05, 0) is 24.3 Å². The van der Waals surface area contributed by atoms with Crippen molar-refractivity contribution in [3.8, 4) is 0 Å². The van der Waals surface area contributed by atoms with Crippen LogP contribution in [0.5, 0.6) is 0 Å². The van der Waals surface area contributed by atoms with Crippen LogP contribution in [0.4, 0.5) is 4.79 Å². The number of hydrogen-bond donors (Lipinski definition) is 1. The third-order valence-electron chi connectivity index (χ3n) is 3.01. The summed E-state index contributed by atoms with van der Waals surface area (Å²) >= 11 is 0. The first-order valence-electron chi connectivity index (χ1n) is 5.96. The predicted octanol–water partition coefficient (Wildman–Crippen LogP) is -0.299. The van der Waals surface area contributed by atoms with Crippen molar-refractivity contribution >= 4 is 6.03 Å². The van der Waals surface area contributed by atoms with Crippen molar-refractivity contribution in [3.05, 3.63) is 5.82 Å². The zero-order valence-electron chi connectivity index (χ0n) is 10.8. The molecular weight excluding hydrogens is 236 g/mol. The molecule has 0 radical (unpaired) electrons. The summed E-state index contributed by atoms with van der Waals surface area (Å²) in [4.78, 5) is 13.9. The van der Waals surface area contributed by atoms with Crippen molar-refractivity contribution in [2.45, 2.75) is 25.9 Å². The molecule has 2 heterocycles. The number of hydrogen-bond acceptors (Lipinski definition) is 5. The van der Waals surface area contributed by atoms with Crippen LogP contribution in [0, 0.1) is 0 Å². The highest BCUT2D eigenvalue weighted by Crippen LogP contribution is 2.10. The Labute approximate surface area is 105 Å². The molecule has 1 unspecified atom stereocenters. The minimum atomic E-state index is -0.229. The quantitative estimate of drug-likeness (QED) is 0.783. The summed E-state index contributed by atoms with van der Waals surface area (Å²) in [5.74, 6) is 0.629. The smallest absolute Gasteiger partial charge is 0.318 e. The Morgan fingerprint density at radius 2 is 2.39 bits per heavy atom. The summed E-state index contributed by atoms with van der Waals surface area (Å²) in [7, 11) is 1.75. The summed E-state index contributed by atoms with van der Waals surface area (Å²) in [6.07, 6.45) is 0. The third-order valence-corrected chi connectivity index (χ3v) is 3.01.